The van der Waals surface area contributed by atoms with Crippen molar-refractivity contribution in [1.82, 2.24) is 0 Å². The van der Waals surface area contributed by atoms with Gasteiger partial charge in [-0.25, -0.2) is 0 Å². The summed E-state index contributed by atoms with van der Waals surface area (Å²) in [4.78, 5) is 13.3. The molecule has 0 unspecified atom stereocenters. The van der Waals surface area contributed by atoms with Gasteiger partial charge in [-0.05, 0) is 30.3 Å². The Morgan fingerprint density at radius 1 is 1.11 bits per heavy atom. The fourth-order valence-corrected chi connectivity index (χ4v) is 2.46. The topological polar surface area (TPSA) is 66.9 Å². The van der Waals surface area contributed by atoms with Crippen molar-refractivity contribution in [2.45, 2.75) is 9.79 Å². The number of primary amides is 1. The summed E-state index contributed by atoms with van der Waals surface area (Å²) in [6.45, 7) is 0. The number of nitrogens with one attached hydrogen (secondary N) is 1. The van der Waals surface area contributed by atoms with Crippen LogP contribution in [0.3, 0.4) is 0 Å². The summed E-state index contributed by atoms with van der Waals surface area (Å²) in [5.74, 6) is -0.509. The predicted octanol–water partition coefficient (Wildman–Crippen LogP) is 2.93. The molecule has 0 atom stereocenters. The van der Waals surface area contributed by atoms with Crippen molar-refractivity contribution in [2.24, 2.45) is 5.73 Å². The van der Waals surface area contributed by atoms with Gasteiger partial charge in [-0.2, -0.15) is 0 Å². The molecule has 2 aromatic rings. The zero-order valence-electron chi connectivity index (χ0n) is 9.59. The Balaban J connectivity index is 2.31. The van der Waals surface area contributed by atoms with Crippen LogP contribution in [0.25, 0.3) is 0 Å². The molecule has 0 bridgehead atoms. The van der Waals surface area contributed by atoms with E-state index in [1.165, 1.54) is 0 Å². The second-order valence-electron chi connectivity index (χ2n) is 3.67. The highest BCUT2D eigenvalue weighted by Crippen LogP contribution is 2.28. The zero-order valence-corrected chi connectivity index (χ0v) is 10.4. The molecule has 0 saturated heterocycles. The quantitative estimate of drug-likeness (QED) is 0.826. The van der Waals surface area contributed by atoms with Gasteiger partial charge < -0.3 is 11.1 Å². The summed E-state index contributed by atoms with van der Waals surface area (Å²) < 4.78 is 0. The van der Waals surface area contributed by atoms with E-state index in [0.29, 0.717) is 11.1 Å². The van der Waals surface area contributed by atoms with Gasteiger partial charge in [0.05, 0.1) is 0 Å². The first-order valence-electron chi connectivity index (χ1n) is 5.38. The summed E-state index contributed by atoms with van der Waals surface area (Å²) in [6, 6.07) is 15.2. The van der Waals surface area contributed by atoms with E-state index in [1.54, 1.807) is 23.9 Å². The number of rotatable bonds is 4. The first-order chi connectivity index (χ1) is 8.70. The highest BCUT2D eigenvalue weighted by molar-refractivity contribution is 7.99. The van der Waals surface area contributed by atoms with E-state index in [-0.39, 0.29) is 0 Å². The SMILES string of the molecule is N=Cc1cc(Sc2ccccc2)ccc1C(N)=O. The van der Waals surface area contributed by atoms with E-state index in [4.69, 9.17) is 11.1 Å². The van der Waals surface area contributed by atoms with Crippen molar-refractivity contribution in [3.63, 3.8) is 0 Å². The van der Waals surface area contributed by atoms with Crippen molar-refractivity contribution in [1.29, 1.82) is 5.41 Å². The average molecular weight is 256 g/mol. The highest BCUT2D eigenvalue weighted by Gasteiger charge is 2.07. The van der Waals surface area contributed by atoms with Gasteiger partial charge in [-0.15, -0.1) is 0 Å². The number of benzene rings is 2. The van der Waals surface area contributed by atoms with E-state index in [2.05, 4.69) is 0 Å². The van der Waals surface area contributed by atoms with Gasteiger partial charge in [0, 0.05) is 27.1 Å². The van der Waals surface area contributed by atoms with Crippen LogP contribution in [0, 0.1) is 5.41 Å². The Morgan fingerprint density at radius 2 is 1.83 bits per heavy atom. The lowest BCUT2D eigenvalue weighted by Gasteiger charge is -2.05. The molecule has 18 heavy (non-hydrogen) atoms. The molecule has 0 aliphatic carbocycles. The summed E-state index contributed by atoms with van der Waals surface area (Å²) in [7, 11) is 0. The summed E-state index contributed by atoms with van der Waals surface area (Å²) >= 11 is 1.58. The molecule has 0 saturated carbocycles. The van der Waals surface area contributed by atoms with E-state index >= 15 is 0 Å². The van der Waals surface area contributed by atoms with Gasteiger partial charge >= 0.3 is 0 Å². The maximum absolute atomic E-state index is 11.2. The van der Waals surface area contributed by atoms with Crippen LogP contribution in [-0.4, -0.2) is 12.1 Å². The normalized spacial score (nSPS) is 10.0. The number of nitrogens with two attached hydrogens (primary N) is 1. The van der Waals surface area contributed by atoms with Crippen molar-refractivity contribution < 1.29 is 4.79 Å². The van der Waals surface area contributed by atoms with Crippen LogP contribution in [-0.2, 0) is 0 Å². The molecular formula is C14H12N2OS. The molecule has 0 fully saturated rings. The molecule has 2 aromatic carbocycles. The molecule has 3 nitrogen and oxygen atoms in total. The van der Waals surface area contributed by atoms with Crippen LogP contribution < -0.4 is 5.73 Å². The fourth-order valence-electron chi connectivity index (χ4n) is 1.57. The Kier molecular flexibility index (Phi) is 3.79. The average Bonchev–Trinajstić information content (AvgIpc) is 2.39. The van der Waals surface area contributed by atoms with E-state index in [1.807, 2.05) is 36.4 Å². The maximum Gasteiger partial charge on any atom is 0.249 e. The third-order valence-electron chi connectivity index (χ3n) is 2.42. The summed E-state index contributed by atoms with van der Waals surface area (Å²) in [5, 5.41) is 7.31. The second-order valence-corrected chi connectivity index (χ2v) is 4.82. The lowest BCUT2D eigenvalue weighted by atomic mass is 10.1. The third kappa shape index (κ3) is 2.78. The lowest BCUT2D eigenvalue weighted by molar-refractivity contribution is 0.1000. The lowest BCUT2D eigenvalue weighted by Crippen LogP contribution is -2.13. The minimum Gasteiger partial charge on any atom is -0.366 e. The number of carbonyl (C=O) groups excluding carboxylic acids is 1. The minimum atomic E-state index is -0.509. The number of carbonyl (C=O) groups is 1. The van der Waals surface area contributed by atoms with E-state index in [0.717, 1.165) is 16.0 Å². The molecule has 0 aliphatic heterocycles. The van der Waals surface area contributed by atoms with Gasteiger partial charge in [0.25, 0.3) is 0 Å². The second kappa shape index (κ2) is 5.51. The monoisotopic (exact) mass is 256 g/mol. The Hall–Kier alpha value is -2.07. The molecule has 3 N–H and O–H groups in total. The van der Waals surface area contributed by atoms with E-state index in [9.17, 15) is 4.79 Å². The Bertz CT molecular complexity index is 582. The van der Waals surface area contributed by atoms with Gasteiger partial charge in [0.1, 0.15) is 0 Å². The number of hydrogen-bond donors (Lipinski definition) is 2. The van der Waals surface area contributed by atoms with Crippen molar-refractivity contribution in [2.75, 3.05) is 0 Å². The van der Waals surface area contributed by atoms with Crippen LogP contribution in [0.1, 0.15) is 15.9 Å². The summed E-state index contributed by atoms with van der Waals surface area (Å²) in [5.41, 5.74) is 6.17. The molecule has 2 rings (SSSR count). The Morgan fingerprint density at radius 3 is 2.44 bits per heavy atom. The van der Waals surface area contributed by atoms with Crippen LogP contribution in [0.5, 0.6) is 0 Å². The first-order valence-corrected chi connectivity index (χ1v) is 6.19. The third-order valence-corrected chi connectivity index (χ3v) is 3.42. The van der Waals surface area contributed by atoms with Gasteiger partial charge in [0.2, 0.25) is 5.91 Å². The number of hydrogen-bond acceptors (Lipinski definition) is 3. The minimum absolute atomic E-state index is 0.377. The summed E-state index contributed by atoms with van der Waals surface area (Å²) in [6.07, 6.45) is 1.15. The number of amides is 1. The van der Waals surface area contributed by atoms with Gasteiger partial charge in [-0.3, -0.25) is 4.79 Å². The molecule has 1 amide bonds. The molecule has 0 radical (unpaired) electrons. The zero-order chi connectivity index (χ0) is 13.0. The van der Waals surface area contributed by atoms with Crippen LogP contribution in [0.15, 0.2) is 58.3 Å². The first kappa shape index (κ1) is 12.4. The van der Waals surface area contributed by atoms with Crippen LogP contribution in [0.2, 0.25) is 0 Å². The molecule has 0 aliphatic rings. The highest BCUT2D eigenvalue weighted by atomic mass is 32.2. The van der Waals surface area contributed by atoms with Crippen molar-refractivity contribution >= 4 is 23.9 Å². The molecule has 90 valence electrons. The van der Waals surface area contributed by atoms with Gasteiger partial charge in [-0.1, -0.05) is 30.0 Å². The van der Waals surface area contributed by atoms with Gasteiger partial charge in [0.15, 0.2) is 0 Å². The molecule has 0 aromatic heterocycles. The van der Waals surface area contributed by atoms with Crippen molar-refractivity contribution in [3.05, 3.63) is 59.7 Å². The largest absolute Gasteiger partial charge is 0.366 e. The van der Waals surface area contributed by atoms with Crippen LogP contribution >= 0.6 is 11.8 Å². The predicted molar refractivity (Wildman–Crippen MR) is 73.4 cm³/mol. The molecule has 0 spiro atoms. The fraction of sp³-hybridized carbons (Fsp3) is 0. The van der Waals surface area contributed by atoms with Crippen molar-refractivity contribution in [3.8, 4) is 0 Å². The standard InChI is InChI=1S/C14H12N2OS/c15-9-10-8-12(6-7-13(10)14(16)17)18-11-4-2-1-3-5-11/h1-9,15H,(H2,16,17). The smallest absolute Gasteiger partial charge is 0.249 e. The Labute approximate surface area is 110 Å². The van der Waals surface area contributed by atoms with Crippen LogP contribution in [0.4, 0.5) is 0 Å². The maximum atomic E-state index is 11.2. The molecular weight excluding hydrogens is 244 g/mol. The van der Waals surface area contributed by atoms with E-state index < -0.39 is 5.91 Å². The molecule has 0 heterocycles. The molecule has 4 heteroatoms.